The molecule has 27 heavy (non-hydrogen) atoms. The molecule has 0 fully saturated rings. The molecule has 0 saturated carbocycles. The Bertz CT molecular complexity index is 996. The highest BCUT2D eigenvalue weighted by Crippen LogP contribution is 2.27. The lowest BCUT2D eigenvalue weighted by Gasteiger charge is -2.10. The molecule has 0 aliphatic carbocycles. The SMILES string of the molecule is CCc1oc2ccccc2c1/C=C/C(=O)NNC(=S)Nc1ccc(F)cc1. The number of aryl methyl sites for hydroxylation is 1. The molecule has 138 valence electrons. The van der Waals surface area contributed by atoms with Crippen molar-refractivity contribution in [3.8, 4) is 0 Å². The van der Waals surface area contributed by atoms with Crippen LogP contribution in [0.5, 0.6) is 0 Å². The summed E-state index contributed by atoms with van der Waals surface area (Å²) in [5.74, 6) is 0.114. The van der Waals surface area contributed by atoms with Crippen LogP contribution in [-0.2, 0) is 11.2 Å². The highest BCUT2D eigenvalue weighted by atomic mass is 32.1. The predicted molar refractivity (Wildman–Crippen MR) is 109 cm³/mol. The molecule has 0 spiro atoms. The lowest BCUT2D eigenvalue weighted by molar-refractivity contribution is -0.116. The Morgan fingerprint density at radius 1 is 1.15 bits per heavy atom. The summed E-state index contributed by atoms with van der Waals surface area (Å²) in [5.41, 5.74) is 7.35. The van der Waals surface area contributed by atoms with E-state index in [1.807, 2.05) is 31.2 Å². The third kappa shape index (κ3) is 4.71. The molecule has 3 N–H and O–H groups in total. The first-order chi connectivity index (χ1) is 13.1. The van der Waals surface area contributed by atoms with Crippen molar-refractivity contribution in [1.82, 2.24) is 10.9 Å². The second-order valence-electron chi connectivity index (χ2n) is 5.70. The summed E-state index contributed by atoms with van der Waals surface area (Å²) in [6, 6.07) is 13.4. The monoisotopic (exact) mass is 383 g/mol. The minimum absolute atomic E-state index is 0.186. The molecule has 1 heterocycles. The molecular weight excluding hydrogens is 365 g/mol. The van der Waals surface area contributed by atoms with E-state index in [-0.39, 0.29) is 16.8 Å². The van der Waals surface area contributed by atoms with E-state index in [0.717, 1.165) is 28.7 Å². The third-order valence-electron chi connectivity index (χ3n) is 3.83. The number of hydrazine groups is 1. The van der Waals surface area contributed by atoms with Crippen molar-refractivity contribution in [2.45, 2.75) is 13.3 Å². The first kappa shape index (κ1) is 18.6. The summed E-state index contributed by atoms with van der Waals surface area (Å²) >= 11 is 5.08. The third-order valence-corrected chi connectivity index (χ3v) is 4.04. The number of fused-ring (bicyclic) bond motifs is 1. The molecule has 3 rings (SSSR count). The molecule has 1 amide bonds. The number of benzene rings is 2. The number of rotatable bonds is 4. The van der Waals surface area contributed by atoms with Crippen molar-refractivity contribution in [2.24, 2.45) is 0 Å². The van der Waals surface area contributed by atoms with Gasteiger partial charge in [-0.3, -0.25) is 15.6 Å². The minimum atomic E-state index is -0.370. The standard InChI is InChI=1S/C20H18FN3O2S/c1-2-17-16(15-5-3-4-6-18(15)26-17)11-12-19(25)23-24-20(27)22-14-9-7-13(21)8-10-14/h3-12H,2H2,1H3,(H,23,25)(H2,22,24,27)/b12-11+. The Labute approximate surface area is 161 Å². The van der Waals surface area contributed by atoms with Gasteiger partial charge in [-0.1, -0.05) is 25.1 Å². The average Bonchev–Trinajstić information content (AvgIpc) is 3.04. The molecule has 0 saturated heterocycles. The maximum atomic E-state index is 12.9. The summed E-state index contributed by atoms with van der Waals surface area (Å²) in [4.78, 5) is 12.0. The van der Waals surface area contributed by atoms with E-state index < -0.39 is 0 Å². The van der Waals surface area contributed by atoms with Crippen LogP contribution in [0.25, 0.3) is 17.0 Å². The number of anilines is 1. The van der Waals surface area contributed by atoms with Gasteiger partial charge in [0.2, 0.25) is 0 Å². The molecule has 5 nitrogen and oxygen atoms in total. The number of hydrogen-bond donors (Lipinski definition) is 3. The minimum Gasteiger partial charge on any atom is -0.460 e. The van der Waals surface area contributed by atoms with Crippen LogP contribution in [0.4, 0.5) is 10.1 Å². The number of amides is 1. The molecule has 0 aliphatic rings. The zero-order valence-electron chi connectivity index (χ0n) is 14.6. The van der Waals surface area contributed by atoms with Gasteiger partial charge in [0.15, 0.2) is 5.11 Å². The highest BCUT2D eigenvalue weighted by molar-refractivity contribution is 7.80. The van der Waals surface area contributed by atoms with Gasteiger partial charge in [0.25, 0.3) is 5.91 Å². The number of halogens is 1. The topological polar surface area (TPSA) is 66.3 Å². The van der Waals surface area contributed by atoms with Crippen LogP contribution in [0.3, 0.4) is 0 Å². The molecule has 3 aromatic rings. The van der Waals surface area contributed by atoms with E-state index in [0.29, 0.717) is 5.69 Å². The largest absolute Gasteiger partial charge is 0.460 e. The van der Waals surface area contributed by atoms with E-state index in [4.69, 9.17) is 16.6 Å². The van der Waals surface area contributed by atoms with Crippen LogP contribution >= 0.6 is 12.2 Å². The molecule has 2 aromatic carbocycles. The summed E-state index contributed by atoms with van der Waals surface area (Å²) in [6.07, 6.45) is 3.85. The van der Waals surface area contributed by atoms with Gasteiger partial charge in [0.05, 0.1) is 0 Å². The average molecular weight is 383 g/mol. The number of thiocarbonyl (C=S) groups is 1. The van der Waals surface area contributed by atoms with Gasteiger partial charge >= 0.3 is 0 Å². The Morgan fingerprint density at radius 3 is 2.63 bits per heavy atom. The van der Waals surface area contributed by atoms with Crippen LogP contribution in [0.2, 0.25) is 0 Å². The van der Waals surface area contributed by atoms with E-state index in [2.05, 4.69) is 16.2 Å². The van der Waals surface area contributed by atoms with Gasteiger partial charge in [-0.15, -0.1) is 0 Å². The first-order valence-electron chi connectivity index (χ1n) is 8.38. The lowest BCUT2D eigenvalue weighted by atomic mass is 10.1. The van der Waals surface area contributed by atoms with Crippen molar-refractivity contribution < 1.29 is 13.6 Å². The Kier molecular flexibility index (Phi) is 5.83. The van der Waals surface area contributed by atoms with Crippen molar-refractivity contribution >= 4 is 46.0 Å². The molecule has 0 atom stereocenters. The quantitative estimate of drug-likeness (QED) is 0.359. The van der Waals surface area contributed by atoms with E-state index >= 15 is 0 Å². The van der Waals surface area contributed by atoms with Gasteiger partial charge in [-0.2, -0.15) is 0 Å². The van der Waals surface area contributed by atoms with Crippen molar-refractivity contribution in [3.63, 3.8) is 0 Å². The molecular formula is C20H18FN3O2S. The Balaban J connectivity index is 1.59. The van der Waals surface area contributed by atoms with Gasteiger partial charge in [0, 0.05) is 29.1 Å². The van der Waals surface area contributed by atoms with Crippen LogP contribution in [0, 0.1) is 5.82 Å². The summed E-state index contributed by atoms with van der Waals surface area (Å²) in [5, 5.41) is 3.98. The lowest BCUT2D eigenvalue weighted by Crippen LogP contribution is -2.43. The van der Waals surface area contributed by atoms with Gasteiger partial charge < -0.3 is 9.73 Å². The second-order valence-corrected chi connectivity index (χ2v) is 6.11. The predicted octanol–water partition coefficient (Wildman–Crippen LogP) is 4.17. The summed E-state index contributed by atoms with van der Waals surface area (Å²) in [6.45, 7) is 2.00. The molecule has 0 aliphatic heterocycles. The van der Waals surface area contributed by atoms with Crippen LogP contribution in [0.1, 0.15) is 18.2 Å². The second kappa shape index (κ2) is 8.46. The number of nitrogens with one attached hydrogen (secondary N) is 3. The maximum Gasteiger partial charge on any atom is 0.262 e. The molecule has 0 radical (unpaired) electrons. The number of para-hydroxylation sites is 1. The normalized spacial score (nSPS) is 10.9. The number of carbonyl (C=O) groups excluding carboxylic acids is 1. The summed E-state index contributed by atoms with van der Waals surface area (Å²) < 4.78 is 18.7. The van der Waals surface area contributed by atoms with E-state index in [1.54, 1.807) is 18.2 Å². The zero-order valence-corrected chi connectivity index (χ0v) is 15.4. The van der Waals surface area contributed by atoms with Crippen molar-refractivity contribution in [3.05, 3.63) is 71.7 Å². The maximum absolute atomic E-state index is 12.9. The number of carbonyl (C=O) groups is 1. The highest BCUT2D eigenvalue weighted by Gasteiger charge is 2.10. The number of hydrogen-bond acceptors (Lipinski definition) is 3. The van der Waals surface area contributed by atoms with Crippen LogP contribution in [0.15, 0.2) is 59.0 Å². The fraction of sp³-hybridized carbons (Fsp3) is 0.100. The fourth-order valence-electron chi connectivity index (χ4n) is 2.58. The van der Waals surface area contributed by atoms with E-state index in [9.17, 15) is 9.18 Å². The van der Waals surface area contributed by atoms with Crippen LogP contribution in [-0.4, -0.2) is 11.0 Å². The van der Waals surface area contributed by atoms with Gasteiger partial charge in [0.1, 0.15) is 17.2 Å². The van der Waals surface area contributed by atoms with Crippen LogP contribution < -0.4 is 16.2 Å². The van der Waals surface area contributed by atoms with Crippen molar-refractivity contribution in [2.75, 3.05) is 5.32 Å². The smallest absolute Gasteiger partial charge is 0.262 e. The molecule has 7 heteroatoms. The fourth-order valence-corrected chi connectivity index (χ4v) is 2.74. The van der Waals surface area contributed by atoms with Gasteiger partial charge in [-0.05, 0) is 48.6 Å². The number of furan rings is 1. The summed E-state index contributed by atoms with van der Waals surface area (Å²) in [7, 11) is 0. The first-order valence-corrected chi connectivity index (χ1v) is 8.78. The van der Waals surface area contributed by atoms with Crippen molar-refractivity contribution in [1.29, 1.82) is 0 Å². The molecule has 0 bridgehead atoms. The van der Waals surface area contributed by atoms with Gasteiger partial charge in [-0.25, -0.2) is 4.39 Å². The zero-order chi connectivity index (χ0) is 19.2. The Hall–Kier alpha value is -3.19. The molecule has 1 aromatic heterocycles. The Morgan fingerprint density at radius 2 is 1.89 bits per heavy atom. The molecule has 0 unspecified atom stereocenters. The van der Waals surface area contributed by atoms with E-state index in [1.165, 1.54) is 18.2 Å².